The molecule has 4 nitrogen and oxygen atoms in total. The van der Waals surface area contributed by atoms with Gasteiger partial charge in [-0.3, -0.25) is 4.98 Å². The third kappa shape index (κ3) is 5.94. The molecule has 0 aliphatic carbocycles. The van der Waals surface area contributed by atoms with Crippen LogP contribution < -0.4 is 14.8 Å². The Morgan fingerprint density at radius 1 is 1.07 bits per heavy atom. The molecule has 0 spiro atoms. The van der Waals surface area contributed by atoms with E-state index in [0.29, 0.717) is 13.2 Å². The van der Waals surface area contributed by atoms with Gasteiger partial charge in [-0.25, -0.2) is 4.39 Å². The number of benzene rings is 2. The van der Waals surface area contributed by atoms with Gasteiger partial charge in [0.2, 0.25) is 0 Å². The molecular formula is C22H24ClFN2O2. The van der Waals surface area contributed by atoms with Crippen LogP contribution in [0.5, 0.6) is 11.5 Å². The van der Waals surface area contributed by atoms with Gasteiger partial charge in [-0.15, -0.1) is 12.4 Å². The van der Waals surface area contributed by atoms with Gasteiger partial charge in [0.15, 0.2) is 11.6 Å². The van der Waals surface area contributed by atoms with E-state index in [1.54, 1.807) is 12.3 Å². The summed E-state index contributed by atoms with van der Waals surface area (Å²) in [6.07, 6.45) is 1.75. The minimum atomic E-state index is -0.353. The summed E-state index contributed by atoms with van der Waals surface area (Å²) in [5, 5.41) is 3.41. The third-order valence-electron chi connectivity index (χ3n) is 4.30. The van der Waals surface area contributed by atoms with Crippen LogP contribution in [0, 0.1) is 5.82 Å². The largest absolute Gasteiger partial charge is 0.494 e. The first-order chi connectivity index (χ1) is 13.2. The van der Waals surface area contributed by atoms with Crippen LogP contribution in [0.25, 0.3) is 0 Å². The van der Waals surface area contributed by atoms with Crippen molar-refractivity contribution < 1.29 is 13.9 Å². The molecule has 0 aliphatic heterocycles. The Morgan fingerprint density at radius 3 is 2.64 bits per heavy atom. The van der Waals surface area contributed by atoms with E-state index in [1.807, 2.05) is 55.5 Å². The van der Waals surface area contributed by atoms with E-state index < -0.39 is 0 Å². The molecule has 3 aromatic rings. The lowest BCUT2D eigenvalue weighted by Gasteiger charge is -2.16. The molecule has 1 atom stereocenters. The van der Waals surface area contributed by atoms with Crippen molar-refractivity contribution in [3.63, 3.8) is 0 Å². The highest BCUT2D eigenvalue weighted by Crippen LogP contribution is 2.22. The number of rotatable bonds is 8. The molecule has 0 saturated carbocycles. The quantitative estimate of drug-likeness (QED) is 0.570. The number of ether oxygens (including phenoxy) is 2. The number of aromatic nitrogens is 1. The average molecular weight is 403 g/mol. The van der Waals surface area contributed by atoms with Gasteiger partial charge < -0.3 is 14.8 Å². The molecule has 0 radical (unpaired) electrons. The van der Waals surface area contributed by atoms with Crippen molar-refractivity contribution in [3.05, 3.63) is 89.5 Å². The summed E-state index contributed by atoms with van der Waals surface area (Å²) >= 11 is 0. The molecular weight excluding hydrogens is 379 g/mol. The second kappa shape index (κ2) is 10.6. The lowest BCUT2D eigenvalue weighted by molar-refractivity contribution is 0.301. The highest BCUT2D eigenvalue weighted by molar-refractivity contribution is 5.85. The van der Waals surface area contributed by atoms with Gasteiger partial charge in [0.05, 0.1) is 12.8 Å². The van der Waals surface area contributed by atoms with Crippen LogP contribution >= 0.6 is 12.4 Å². The average Bonchev–Trinajstić information content (AvgIpc) is 2.71. The zero-order chi connectivity index (χ0) is 19.1. The number of methoxy groups -OCH3 is 1. The standard InChI is InChI=1S/C22H23FN2O2.ClH/c1-16(18-9-10-22(26-2)21(23)13-18)25-14-17-6-5-8-20(12-17)27-15-19-7-3-4-11-24-19;/h3-13,16,25H,14-15H2,1-2H3;1H. The van der Waals surface area contributed by atoms with Gasteiger partial charge in [0.25, 0.3) is 0 Å². The minimum Gasteiger partial charge on any atom is -0.494 e. The molecule has 0 amide bonds. The van der Waals surface area contributed by atoms with Gasteiger partial charge in [0.1, 0.15) is 12.4 Å². The maximum Gasteiger partial charge on any atom is 0.165 e. The molecule has 148 valence electrons. The summed E-state index contributed by atoms with van der Waals surface area (Å²) < 4.78 is 24.7. The summed E-state index contributed by atoms with van der Waals surface area (Å²) in [5.41, 5.74) is 2.85. The van der Waals surface area contributed by atoms with E-state index in [9.17, 15) is 4.39 Å². The first-order valence-corrected chi connectivity index (χ1v) is 8.84. The molecule has 6 heteroatoms. The lowest BCUT2D eigenvalue weighted by atomic mass is 10.1. The summed E-state index contributed by atoms with van der Waals surface area (Å²) in [4.78, 5) is 4.25. The second-order valence-corrected chi connectivity index (χ2v) is 6.25. The smallest absolute Gasteiger partial charge is 0.165 e. The predicted molar refractivity (Wildman–Crippen MR) is 110 cm³/mol. The van der Waals surface area contributed by atoms with Crippen molar-refractivity contribution in [1.29, 1.82) is 0 Å². The van der Waals surface area contributed by atoms with Crippen LogP contribution in [0.2, 0.25) is 0 Å². The Hall–Kier alpha value is -2.63. The van der Waals surface area contributed by atoms with Gasteiger partial charge in [-0.05, 0) is 54.4 Å². The van der Waals surface area contributed by atoms with Crippen LogP contribution in [0.1, 0.15) is 29.8 Å². The first-order valence-electron chi connectivity index (χ1n) is 8.84. The molecule has 1 unspecified atom stereocenters. The number of hydrogen-bond acceptors (Lipinski definition) is 4. The highest BCUT2D eigenvalue weighted by atomic mass is 35.5. The molecule has 0 aliphatic rings. The Kier molecular flexibility index (Phi) is 8.23. The normalized spacial score (nSPS) is 11.4. The van der Waals surface area contributed by atoms with Gasteiger partial charge in [0, 0.05) is 18.8 Å². The predicted octanol–water partition coefficient (Wildman–Crippen LogP) is 5.08. The summed E-state index contributed by atoms with van der Waals surface area (Å²) in [6, 6.07) is 18.7. The molecule has 28 heavy (non-hydrogen) atoms. The molecule has 1 heterocycles. The van der Waals surface area contributed by atoms with Gasteiger partial charge >= 0.3 is 0 Å². The molecule has 1 aromatic heterocycles. The van der Waals surface area contributed by atoms with E-state index in [1.165, 1.54) is 13.2 Å². The van der Waals surface area contributed by atoms with Crippen molar-refractivity contribution in [2.45, 2.75) is 26.1 Å². The Bertz CT molecular complexity index is 877. The van der Waals surface area contributed by atoms with Crippen molar-refractivity contribution in [2.75, 3.05) is 7.11 Å². The monoisotopic (exact) mass is 402 g/mol. The van der Waals surface area contributed by atoms with Crippen LogP contribution in [-0.2, 0) is 13.2 Å². The molecule has 0 fully saturated rings. The van der Waals surface area contributed by atoms with Crippen LogP contribution in [0.3, 0.4) is 0 Å². The number of pyridine rings is 1. The van der Waals surface area contributed by atoms with Gasteiger partial charge in [-0.1, -0.05) is 24.3 Å². The van der Waals surface area contributed by atoms with Crippen molar-refractivity contribution in [1.82, 2.24) is 10.3 Å². The van der Waals surface area contributed by atoms with Crippen molar-refractivity contribution in [2.24, 2.45) is 0 Å². The molecule has 0 bridgehead atoms. The summed E-state index contributed by atoms with van der Waals surface area (Å²) in [5.74, 6) is 0.695. The number of nitrogens with one attached hydrogen (secondary N) is 1. The fraction of sp³-hybridized carbons (Fsp3) is 0.227. The van der Waals surface area contributed by atoms with E-state index in [0.717, 1.165) is 22.6 Å². The fourth-order valence-corrected chi connectivity index (χ4v) is 2.73. The first kappa shape index (κ1) is 21.7. The topological polar surface area (TPSA) is 43.4 Å². The van der Waals surface area contributed by atoms with E-state index in [4.69, 9.17) is 9.47 Å². The number of nitrogens with zero attached hydrogens (tertiary/aromatic N) is 1. The maximum absolute atomic E-state index is 13.9. The highest BCUT2D eigenvalue weighted by Gasteiger charge is 2.09. The fourth-order valence-electron chi connectivity index (χ4n) is 2.73. The Labute approximate surface area is 171 Å². The zero-order valence-electron chi connectivity index (χ0n) is 15.9. The second-order valence-electron chi connectivity index (χ2n) is 6.25. The molecule has 2 aromatic carbocycles. The van der Waals surface area contributed by atoms with E-state index in [2.05, 4.69) is 10.3 Å². The lowest BCUT2D eigenvalue weighted by Crippen LogP contribution is -2.18. The summed E-state index contributed by atoms with van der Waals surface area (Å²) in [7, 11) is 1.46. The van der Waals surface area contributed by atoms with Crippen LogP contribution in [-0.4, -0.2) is 12.1 Å². The van der Waals surface area contributed by atoms with Crippen molar-refractivity contribution in [3.8, 4) is 11.5 Å². The minimum absolute atomic E-state index is 0. The van der Waals surface area contributed by atoms with E-state index >= 15 is 0 Å². The van der Waals surface area contributed by atoms with E-state index in [-0.39, 0.29) is 30.0 Å². The van der Waals surface area contributed by atoms with Crippen molar-refractivity contribution >= 4 is 12.4 Å². The SMILES string of the molecule is COc1ccc(C(C)NCc2cccc(OCc3ccccn3)c2)cc1F.Cl. The Balaban J connectivity index is 0.00000280. The van der Waals surface area contributed by atoms with Crippen LogP contribution in [0.4, 0.5) is 4.39 Å². The number of hydrogen-bond donors (Lipinski definition) is 1. The molecule has 3 rings (SSSR count). The number of halogens is 2. The Morgan fingerprint density at radius 2 is 1.93 bits per heavy atom. The maximum atomic E-state index is 13.9. The third-order valence-corrected chi connectivity index (χ3v) is 4.30. The van der Waals surface area contributed by atoms with Gasteiger partial charge in [-0.2, -0.15) is 0 Å². The summed E-state index contributed by atoms with van der Waals surface area (Å²) in [6.45, 7) is 3.08. The molecule has 1 N–H and O–H groups in total. The van der Waals surface area contributed by atoms with Crippen LogP contribution in [0.15, 0.2) is 66.9 Å². The molecule has 0 saturated heterocycles. The zero-order valence-corrected chi connectivity index (χ0v) is 16.7.